The van der Waals surface area contributed by atoms with Gasteiger partial charge in [-0.2, -0.15) is 5.10 Å². The van der Waals surface area contributed by atoms with Gasteiger partial charge in [0.15, 0.2) is 5.76 Å². The van der Waals surface area contributed by atoms with Gasteiger partial charge in [-0.05, 0) is 42.3 Å². The molecule has 4 nitrogen and oxygen atoms in total. The van der Waals surface area contributed by atoms with E-state index in [0.717, 1.165) is 20.1 Å². The highest BCUT2D eigenvalue weighted by molar-refractivity contribution is 9.11. The Kier molecular flexibility index (Phi) is 4.55. The largest absolute Gasteiger partial charge is 0.459 e. The number of carbonyl (C=O) groups excluding carboxylic acids is 1. The van der Waals surface area contributed by atoms with Crippen LogP contribution in [0.1, 0.15) is 21.7 Å². The maximum atomic E-state index is 11.5. The number of rotatable bonds is 3. The minimum atomic E-state index is -0.383. The first kappa shape index (κ1) is 14.0. The number of nitrogens with one attached hydrogen (secondary N) is 1. The molecule has 19 heavy (non-hydrogen) atoms. The van der Waals surface area contributed by atoms with Crippen LogP contribution in [0.5, 0.6) is 0 Å². The van der Waals surface area contributed by atoms with Crippen LogP contribution in [0.15, 0.2) is 49.0 Å². The van der Waals surface area contributed by atoms with Gasteiger partial charge in [-0.3, -0.25) is 4.79 Å². The zero-order valence-electron chi connectivity index (χ0n) is 9.98. The summed E-state index contributed by atoms with van der Waals surface area (Å²) < 4.78 is 6.90. The minimum Gasteiger partial charge on any atom is -0.459 e. The van der Waals surface area contributed by atoms with Crippen LogP contribution in [-0.4, -0.2) is 12.1 Å². The number of amides is 1. The van der Waals surface area contributed by atoms with E-state index in [1.165, 1.54) is 6.26 Å². The summed E-state index contributed by atoms with van der Waals surface area (Å²) in [6, 6.07) is 7.06. The first-order chi connectivity index (χ1) is 9.08. The fourth-order valence-corrected chi connectivity index (χ4v) is 2.59. The van der Waals surface area contributed by atoms with E-state index in [1.54, 1.807) is 18.3 Å². The molecular weight excluding hydrogens is 376 g/mol. The quantitative estimate of drug-likeness (QED) is 0.643. The van der Waals surface area contributed by atoms with Crippen molar-refractivity contribution in [2.45, 2.75) is 6.92 Å². The van der Waals surface area contributed by atoms with Gasteiger partial charge in [0.2, 0.25) is 0 Å². The second-order valence-corrected chi connectivity index (χ2v) is 5.49. The van der Waals surface area contributed by atoms with E-state index in [2.05, 4.69) is 42.4 Å². The molecule has 0 aliphatic rings. The Morgan fingerprint density at radius 2 is 2.05 bits per heavy atom. The SMILES string of the molecule is Cc1c(Br)cc(/C=N/NC(=O)c2ccco2)cc1Br. The molecule has 6 heteroatoms. The van der Waals surface area contributed by atoms with Crippen molar-refractivity contribution < 1.29 is 9.21 Å². The van der Waals surface area contributed by atoms with Crippen LogP contribution in [0.25, 0.3) is 0 Å². The molecule has 1 amide bonds. The highest BCUT2D eigenvalue weighted by Gasteiger charge is 2.06. The van der Waals surface area contributed by atoms with Crippen molar-refractivity contribution in [2.24, 2.45) is 5.10 Å². The van der Waals surface area contributed by atoms with E-state index in [4.69, 9.17) is 4.42 Å². The standard InChI is InChI=1S/C13H10Br2N2O2/c1-8-10(14)5-9(6-11(8)15)7-16-17-13(18)12-3-2-4-19-12/h2-7H,1H3,(H,17,18)/b16-7+. The Morgan fingerprint density at radius 1 is 1.37 bits per heavy atom. The van der Waals surface area contributed by atoms with E-state index >= 15 is 0 Å². The predicted molar refractivity (Wildman–Crippen MR) is 80.3 cm³/mol. The third kappa shape index (κ3) is 3.54. The molecule has 0 aliphatic heterocycles. The summed E-state index contributed by atoms with van der Waals surface area (Å²) >= 11 is 6.91. The summed E-state index contributed by atoms with van der Waals surface area (Å²) in [7, 11) is 0. The smallest absolute Gasteiger partial charge is 0.307 e. The number of benzene rings is 1. The van der Waals surface area contributed by atoms with E-state index in [1.807, 2.05) is 19.1 Å². The van der Waals surface area contributed by atoms with Crippen LogP contribution in [-0.2, 0) is 0 Å². The lowest BCUT2D eigenvalue weighted by Gasteiger charge is -2.03. The van der Waals surface area contributed by atoms with Gasteiger partial charge in [0, 0.05) is 8.95 Å². The monoisotopic (exact) mass is 384 g/mol. The Hall–Kier alpha value is -1.40. The minimum absolute atomic E-state index is 0.225. The zero-order valence-corrected chi connectivity index (χ0v) is 13.2. The van der Waals surface area contributed by atoms with Crippen molar-refractivity contribution in [3.63, 3.8) is 0 Å². The van der Waals surface area contributed by atoms with Crippen molar-refractivity contribution in [3.8, 4) is 0 Å². The first-order valence-electron chi connectivity index (χ1n) is 5.40. The van der Waals surface area contributed by atoms with Crippen molar-refractivity contribution >= 4 is 44.0 Å². The number of hydrogen-bond acceptors (Lipinski definition) is 3. The molecule has 1 aromatic carbocycles. The maximum absolute atomic E-state index is 11.5. The molecule has 2 rings (SSSR count). The number of furan rings is 1. The van der Waals surface area contributed by atoms with E-state index < -0.39 is 0 Å². The molecular formula is C13H10Br2N2O2. The molecule has 0 saturated heterocycles. The Balaban J connectivity index is 2.05. The summed E-state index contributed by atoms with van der Waals surface area (Å²) in [6.07, 6.45) is 3.00. The van der Waals surface area contributed by atoms with E-state index in [9.17, 15) is 4.79 Å². The van der Waals surface area contributed by atoms with E-state index in [-0.39, 0.29) is 11.7 Å². The first-order valence-corrected chi connectivity index (χ1v) is 6.99. The summed E-state index contributed by atoms with van der Waals surface area (Å²) in [5, 5.41) is 3.88. The number of carbonyl (C=O) groups is 1. The van der Waals surface area contributed by atoms with Gasteiger partial charge >= 0.3 is 5.91 Å². The molecule has 1 N–H and O–H groups in total. The molecule has 0 saturated carbocycles. The summed E-state index contributed by atoms with van der Waals surface area (Å²) in [6.45, 7) is 1.99. The van der Waals surface area contributed by atoms with Crippen LogP contribution in [0, 0.1) is 6.92 Å². The van der Waals surface area contributed by atoms with Crippen LogP contribution < -0.4 is 5.43 Å². The molecule has 0 aliphatic carbocycles. The van der Waals surface area contributed by atoms with E-state index in [0.29, 0.717) is 0 Å². The van der Waals surface area contributed by atoms with Crippen molar-refractivity contribution in [3.05, 3.63) is 56.4 Å². The van der Waals surface area contributed by atoms with Crippen LogP contribution in [0.3, 0.4) is 0 Å². The van der Waals surface area contributed by atoms with Gasteiger partial charge in [-0.25, -0.2) is 5.43 Å². The Bertz CT molecular complexity index is 599. The van der Waals surface area contributed by atoms with Gasteiger partial charge in [0.05, 0.1) is 12.5 Å². The lowest BCUT2D eigenvalue weighted by atomic mass is 10.2. The van der Waals surface area contributed by atoms with Crippen LogP contribution in [0.2, 0.25) is 0 Å². The molecule has 0 fully saturated rings. The average molecular weight is 386 g/mol. The fraction of sp³-hybridized carbons (Fsp3) is 0.0769. The second-order valence-electron chi connectivity index (χ2n) is 3.79. The topological polar surface area (TPSA) is 54.6 Å². The van der Waals surface area contributed by atoms with Crippen LogP contribution in [0.4, 0.5) is 0 Å². The van der Waals surface area contributed by atoms with Gasteiger partial charge in [0.25, 0.3) is 0 Å². The third-order valence-electron chi connectivity index (χ3n) is 2.43. The number of hydrazone groups is 1. The molecule has 2 aromatic rings. The summed E-state index contributed by atoms with van der Waals surface area (Å²) in [5.74, 6) is -0.157. The second kappa shape index (κ2) is 6.16. The highest BCUT2D eigenvalue weighted by Crippen LogP contribution is 2.25. The molecule has 0 radical (unpaired) electrons. The number of hydrogen-bond donors (Lipinski definition) is 1. The van der Waals surface area contributed by atoms with Gasteiger partial charge in [0.1, 0.15) is 0 Å². The van der Waals surface area contributed by atoms with Crippen molar-refractivity contribution in [2.75, 3.05) is 0 Å². The summed E-state index contributed by atoms with van der Waals surface area (Å²) in [4.78, 5) is 11.5. The molecule has 0 bridgehead atoms. The van der Waals surface area contributed by atoms with Gasteiger partial charge in [-0.15, -0.1) is 0 Å². The maximum Gasteiger partial charge on any atom is 0.307 e. The number of halogens is 2. The fourth-order valence-electron chi connectivity index (χ4n) is 1.37. The molecule has 98 valence electrons. The molecule has 0 unspecified atom stereocenters. The Morgan fingerprint density at radius 3 is 2.63 bits per heavy atom. The zero-order chi connectivity index (χ0) is 13.8. The van der Waals surface area contributed by atoms with Gasteiger partial charge in [-0.1, -0.05) is 31.9 Å². The molecule has 1 heterocycles. The highest BCUT2D eigenvalue weighted by atomic mass is 79.9. The predicted octanol–water partition coefficient (Wildman–Crippen LogP) is 3.88. The average Bonchev–Trinajstić information content (AvgIpc) is 2.89. The molecule has 0 atom stereocenters. The van der Waals surface area contributed by atoms with Gasteiger partial charge < -0.3 is 4.42 Å². The molecule has 0 spiro atoms. The van der Waals surface area contributed by atoms with Crippen molar-refractivity contribution in [1.29, 1.82) is 0 Å². The lowest BCUT2D eigenvalue weighted by Crippen LogP contribution is -2.16. The summed E-state index contributed by atoms with van der Waals surface area (Å²) in [5.41, 5.74) is 4.37. The lowest BCUT2D eigenvalue weighted by molar-refractivity contribution is 0.0927. The molecule has 1 aromatic heterocycles. The Labute approximate surface area is 127 Å². The van der Waals surface area contributed by atoms with Crippen molar-refractivity contribution in [1.82, 2.24) is 5.43 Å². The normalized spacial score (nSPS) is 10.9. The van der Waals surface area contributed by atoms with Crippen LogP contribution >= 0.6 is 31.9 Å². The third-order valence-corrected chi connectivity index (χ3v) is 4.08. The number of nitrogens with zero attached hydrogens (tertiary/aromatic N) is 1.